The van der Waals surface area contributed by atoms with Crippen LogP contribution in [0.15, 0.2) is 36.4 Å². The minimum Gasteiger partial charge on any atom is -0.389 e. The van der Waals surface area contributed by atoms with Crippen LogP contribution in [0.2, 0.25) is 10.0 Å². The molecule has 3 aromatic rings. The second kappa shape index (κ2) is 7.23. The number of nitrogens with zero attached hydrogens (tertiary/aromatic N) is 4. The lowest BCUT2D eigenvalue weighted by molar-refractivity contribution is 0.154. The van der Waals surface area contributed by atoms with E-state index in [1.54, 1.807) is 12.1 Å². The van der Waals surface area contributed by atoms with E-state index in [9.17, 15) is 5.11 Å². The SMILES string of the molecule is CCN(CC)c1cccc2nc3n(c12)CC(O)CN3c1ccc(Cl)cc1Cl. The number of hydrogen-bond donors (Lipinski definition) is 1. The van der Waals surface area contributed by atoms with Gasteiger partial charge in [-0.05, 0) is 44.2 Å². The van der Waals surface area contributed by atoms with E-state index in [1.165, 1.54) is 0 Å². The molecule has 0 amide bonds. The smallest absolute Gasteiger partial charge is 0.211 e. The van der Waals surface area contributed by atoms with Gasteiger partial charge >= 0.3 is 0 Å². The van der Waals surface area contributed by atoms with Crippen molar-refractivity contribution in [3.63, 3.8) is 0 Å². The van der Waals surface area contributed by atoms with Crippen LogP contribution in [0.1, 0.15) is 13.8 Å². The molecule has 7 heteroatoms. The first kappa shape index (κ1) is 18.4. The zero-order valence-corrected chi connectivity index (χ0v) is 16.9. The summed E-state index contributed by atoms with van der Waals surface area (Å²) in [5.41, 5.74) is 3.89. The average molecular weight is 405 g/mol. The molecule has 1 aromatic heterocycles. The lowest BCUT2D eigenvalue weighted by Gasteiger charge is -2.33. The minimum atomic E-state index is -0.522. The van der Waals surface area contributed by atoms with Gasteiger partial charge < -0.3 is 19.5 Å². The molecule has 1 unspecified atom stereocenters. The predicted octanol–water partition coefficient (Wildman–Crippen LogP) is 4.70. The van der Waals surface area contributed by atoms with E-state index in [0.717, 1.165) is 41.4 Å². The van der Waals surface area contributed by atoms with Crippen molar-refractivity contribution in [1.82, 2.24) is 9.55 Å². The van der Waals surface area contributed by atoms with Gasteiger partial charge in [0.25, 0.3) is 0 Å². The summed E-state index contributed by atoms with van der Waals surface area (Å²) < 4.78 is 2.10. The van der Waals surface area contributed by atoms with Crippen LogP contribution < -0.4 is 9.80 Å². The Morgan fingerprint density at radius 1 is 1.15 bits per heavy atom. The summed E-state index contributed by atoms with van der Waals surface area (Å²) in [5, 5.41) is 11.7. The Kier molecular flexibility index (Phi) is 4.93. The number of imidazole rings is 1. The van der Waals surface area contributed by atoms with Gasteiger partial charge in [-0.2, -0.15) is 0 Å². The van der Waals surface area contributed by atoms with Gasteiger partial charge in [0.2, 0.25) is 5.95 Å². The Bertz CT molecular complexity index is 984. The molecule has 27 heavy (non-hydrogen) atoms. The molecule has 0 bridgehead atoms. The van der Waals surface area contributed by atoms with E-state index >= 15 is 0 Å². The molecule has 0 spiro atoms. The molecular weight excluding hydrogens is 383 g/mol. The Balaban J connectivity index is 1.93. The summed E-state index contributed by atoms with van der Waals surface area (Å²) in [6.45, 7) is 7.04. The van der Waals surface area contributed by atoms with Gasteiger partial charge in [0.1, 0.15) is 0 Å². The second-order valence-corrected chi connectivity index (χ2v) is 7.54. The molecule has 1 N–H and O–H groups in total. The highest BCUT2D eigenvalue weighted by Crippen LogP contribution is 2.39. The topological polar surface area (TPSA) is 44.5 Å². The number of para-hydroxylation sites is 1. The van der Waals surface area contributed by atoms with Crippen LogP contribution in [-0.4, -0.2) is 40.4 Å². The molecule has 0 fully saturated rings. The Morgan fingerprint density at radius 3 is 2.63 bits per heavy atom. The number of hydrogen-bond acceptors (Lipinski definition) is 4. The number of β-amino-alcohol motifs (C(OH)–C–C–N with tert-alkyl or cyclic N) is 1. The van der Waals surface area contributed by atoms with Crippen molar-refractivity contribution in [2.75, 3.05) is 29.4 Å². The normalized spacial score (nSPS) is 16.6. The molecule has 1 aliphatic rings. The molecule has 1 atom stereocenters. The van der Waals surface area contributed by atoms with Crippen LogP contribution in [0.25, 0.3) is 11.0 Å². The molecule has 0 saturated heterocycles. The van der Waals surface area contributed by atoms with E-state index in [-0.39, 0.29) is 0 Å². The van der Waals surface area contributed by atoms with Crippen molar-refractivity contribution in [2.45, 2.75) is 26.5 Å². The largest absolute Gasteiger partial charge is 0.389 e. The van der Waals surface area contributed by atoms with Gasteiger partial charge in [-0.15, -0.1) is 0 Å². The van der Waals surface area contributed by atoms with Crippen molar-refractivity contribution in [1.29, 1.82) is 0 Å². The standard InChI is InChI=1S/C20H22Cl2N4O/c1-3-24(4-2)18-7-5-6-16-19(18)26-12-14(27)11-25(20(26)23-16)17-9-8-13(21)10-15(17)22/h5-10,14,27H,3-4,11-12H2,1-2H3. The second-order valence-electron chi connectivity index (χ2n) is 6.70. The van der Waals surface area contributed by atoms with Gasteiger partial charge in [0.15, 0.2) is 0 Å². The molecule has 0 aliphatic carbocycles. The zero-order chi connectivity index (χ0) is 19.1. The average Bonchev–Trinajstić information content (AvgIpc) is 3.01. The van der Waals surface area contributed by atoms with Crippen LogP contribution in [0.4, 0.5) is 17.3 Å². The Morgan fingerprint density at radius 2 is 1.93 bits per heavy atom. The summed E-state index contributed by atoms with van der Waals surface area (Å²) in [7, 11) is 0. The van der Waals surface area contributed by atoms with Crippen molar-refractivity contribution in [2.24, 2.45) is 0 Å². The number of halogens is 2. The number of benzene rings is 2. The number of aliphatic hydroxyl groups is 1. The van der Waals surface area contributed by atoms with Crippen molar-refractivity contribution in [3.8, 4) is 0 Å². The molecule has 0 saturated carbocycles. The van der Waals surface area contributed by atoms with Gasteiger partial charge in [-0.1, -0.05) is 29.3 Å². The molecular formula is C20H22Cl2N4O. The van der Waals surface area contributed by atoms with E-state index in [0.29, 0.717) is 23.1 Å². The molecule has 5 nitrogen and oxygen atoms in total. The third-order valence-corrected chi connectivity index (χ3v) is 5.60. The van der Waals surface area contributed by atoms with Crippen LogP contribution >= 0.6 is 23.2 Å². The van der Waals surface area contributed by atoms with Crippen molar-refractivity contribution >= 4 is 51.6 Å². The maximum absolute atomic E-state index is 10.6. The first-order chi connectivity index (χ1) is 13.0. The molecule has 4 rings (SSSR count). The molecule has 0 radical (unpaired) electrons. The highest BCUT2D eigenvalue weighted by Gasteiger charge is 2.30. The summed E-state index contributed by atoms with van der Waals surface area (Å²) in [4.78, 5) is 9.15. The molecule has 2 heterocycles. The molecule has 2 aromatic carbocycles. The fraction of sp³-hybridized carbons (Fsp3) is 0.350. The highest BCUT2D eigenvalue weighted by molar-refractivity contribution is 6.36. The summed E-state index contributed by atoms with van der Waals surface area (Å²) in [6, 6.07) is 11.6. The third-order valence-electron chi connectivity index (χ3n) is 5.06. The fourth-order valence-electron chi connectivity index (χ4n) is 3.82. The monoisotopic (exact) mass is 404 g/mol. The Hall–Kier alpha value is -1.95. The number of anilines is 3. The van der Waals surface area contributed by atoms with Crippen LogP contribution in [-0.2, 0) is 6.54 Å². The maximum Gasteiger partial charge on any atom is 0.211 e. The Labute approximate surface area is 168 Å². The molecule has 142 valence electrons. The molecule has 1 aliphatic heterocycles. The van der Waals surface area contributed by atoms with E-state index in [4.69, 9.17) is 28.2 Å². The lowest BCUT2D eigenvalue weighted by atomic mass is 10.2. The van der Waals surface area contributed by atoms with Gasteiger partial charge in [-0.25, -0.2) is 4.98 Å². The number of fused-ring (bicyclic) bond motifs is 3. The summed E-state index contributed by atoms with van der Waals surface area (Å²) in [6.07, 6.45) is -0.522. The van der Waals surface area contributed by atoms with Crippen LogP contribution in [0, 0.1) is 0 Å². The van der Waals surface area contributed by atoms with Gasteiger partial charge in [0, 0.05) is 18.1 Å². The highest BCUT2D eigenvalue weighted by atomic mass is 35.5. The van der Waals surface area contributed by atoms with Gasteiger partial charge in [0.05, 0.1) is 46.6 Å². The van der Waals surface area contributed by atoms with Crippen LogP contribution in [0.3, 0.4) is 0 Å². The first-order valence-corrected chi connectivity index (χ1v) is 9.94. The minimum absolute atomic E-state index is 0.436. The van der Waals surface area contributed by atoms with Crippen LogP contribution in [0.5, 0.6) is 0 Å². The van der Waals surface area contributed by atoms with E-state index in [2.05, 4.69) is 29.4 Å². The van der Waals surface area contributed by atoms with E-state index in [1.807, 2.05) is 23.1 Å². The summed E-state index contributed by atoms with van der Waals surface area (Å²) >= 11 is 12.5. The van der Waals surface area contributed by atoms with Crippen molar-refractivity contribution in [3.05, 3.63) is 46.4 Å². The maximum atomic E-state index is 10.6. The summed E-state index contributed by atoms with van der Waals surface area (Å²) in [5.74, 6) is 0.791. The van der Waals surface area contributed by atoms with Crippen molar-refractivity contribution < 1.29 is 5.11 Å². The first-order valence-electron chi connectivity index (χ1n) is 9.18. The number of aromatic nitrogens is 2. The third kappa shape index (κ3) is 3.14. The van der Waals surface area contributed by atoms with Gasteiger partial charge in [-0.3, -0.25) is 0 Å². The quantitative estimate of drug-likeness (QED) is 0.684. The number of aliphatic hydroxyl groups excluding tert-OH is 1. The van der Waals surface area contributed by atoms with E-state index < -0.39 is 6.10 Å². The lowest BCUT2D eigenvalue weighted by Crippen LogP contribution is -2.39. The number of rotatable bonds is 4. The zero-order valence-electron chi connectivity index (χ0n) is 15.4. The fourth-order valence-corrected chi connectivity index (χ4v) is 4.33. The predicted molar refractivity (Wildman–Crippen MR) is 113 cm³/mol.